The standard InChI is InChI=1S/C19H21N3O3/c1-11(20-19(25)21-14-5-3-2-4-6-14)22-17(23)15-12-7-8-13(10-9-12)16(15)18(22)24/h2-8,11-13,15-16H,9-10H2,1H3,(H2,20,21,25). The lowest BCUT2D eigenvalue weighted by Crippen LogP contribution is -2.50. The van der Waals surface area contributed by atoms with Crippen molar-refractivity contribution in [2.75, 3.05) is 5.32 Å². The Hall–Kier alpha value is -2.63. The Labute approximate surface area is 146 Å². The van der Waals surface area contributed by atoms with Gasteiger partial charge in [0.1, 0.15) is 6.17 Å². The highest BCUT2D eigenvalue weighted by Gasteiger charge is 2.57. The number of likely N-dealkylation sites (tertiary alicyclic amines) is 1. The lowest BCUT2D eigenvalue weighted by Gasteiger charge is -2.38. The van der Waals surface area contributed by atoms with Crippen LogP contribution in [0.3, 0.4) is 0 Å². The summed E-state index contributed by atoms with van der Waals surface area (Å²) in [6.45, 7) is 1.67. The topological polar surface area (TPSA) is 78.5 Å². The number of nitrogens with zero attached hydrogens (tertiary/aromatic N) is 1. The lowest BCUT2D eigenvalue weighted by atomic mass is 9.63. The minimum Gasteiger partial charge on any atom is -0.317 e. The van der Waals surface area contributed by atoms with E-state index in [9.17, 15) is 14.4 Å². The maximum absolute atomic E-state index is 12.8. The Balaban J connectivity index is 1.46. The van der Waals surface area contributed by atoms with Crippen molar-refractivity contribution in [2.45, 2.75) is 25.9 Å². The van der Waals surface area contributed by atoms with Crippen LogP contribution in [0.25, 0.3) is 0 Å². The monoisotopic (exact) mass is 339 g/mol. The zero-order valence-electron chi connectivity index (χ0n) is 14.0. The van der Waals surface area contributed by atoms with Crippen LogP contribution in [0.15, 0.2) is 42.5 Å². The molecular formula is C19H21N3O3. The molecule has 1 saturated heterocycles. The predicted molar refractivity (Wildman–Crippen MR) is 92.2 cm³/mol. The fraction of sp³-hybridized carbons (Fsp3) is 0.421. The van der Waals surface area contributed by atoms with Gasteiger partial charge in [-0.2, -0.15) is 0 Å². The minimum atomic E-state index is -0.672. The highest BCUT2D eigenvalue weighted by atomic mass is 16.2. The Bertz CT molecular complexity index is 714. The molecule has 5 rings (SSSR count). The largest absolute Gasteiger partial charge is 0.320 e. The molecule has 0 aromatic heterocycles. The summed E-state index contributed by atoms with van der Waals surface area (Å²) < 4.78 is 0. The van der Waals surface area contributed by atoms with Crippen LogP contribution < -0.4 is 10.6 Å². The summed E-state index contributed by atoms with van der Waals surface area (Å²) in [5, 5.41) is 5.41. The Morgan fingerprint density at radius 1 is 1.04 bits per heavy atom. The molecule has 4 aliphatic rings. The lowest BCUT2D eigenvalue weighted by molar-refractivity contribution is -0.142. The van der Waals surface area contributed by atoms with Crippen molar-refractivity contribution in [3.05, 3.63) is 42.5 Å². The van der Waals surface area contributed by atoms with Gasteiger partial charge in [0.2, 0.25) is 11.8 Å². The van der Waals surface area contributed by atoms with E-state index >= 15 is 0 Å². The number of para-hydroxylation sites is 1. The zero-order valence-corrected chi connectivity index (χ0v) is 14.0. The molecule has 1 heterocycles. The van der Waals surface area contributed by atoms with Crippen molar-refractivity contribution >= 4 is 23.5 Å². The zero-order chi connectivity index (χ0) is 17.6. The van der Waals surface area contributed by atoms with Crippen molar-refractivity contribution in [1.82, 2.24) is 10.2 Å². The number of amides is 4. The molecule has 2 N–H and O–H groups in total. The fourth-order valence-electron chi connectivity index (χ4n) is 4.42. The first-order valence-corrected chi connectivity index (χ1v) is 8.74. The maximum atomic E-state index is 12.8. The second kappa shape index (κ2) is 6.02. The SMILES string of the molecule is CC(NC(=O)Nc1ccccc1)N1C(=O)C2C3C=CC(CC3)C2C1=O. The Kier molecular flexibility index (Phi) is 3.82. The summed E-state index contributed by atoms with van der Waals surface area (Å²) in [5.41, 5.74) is 0.655. The molecule has 1 saturated carbocycles. The summed E-state index contributed by atoms with van der Waals surface area (Å²) in [5.74, 6) is -0.498. The number of allylic oxidation sites excluding steroid dienone is 2. The number of anilines is 1. The number of benzene rings is 1. The number of imide groups is 1. The molecule has 0 radical (unpaired) electrons. The second-order valence-electron chi connectivity index (χ2n) is 7.03. The molecule has 5 atom stereocenters. The van der Waals surface area contributed by atoms with E-state index in [-0.39, 0.29) is 35.5 Å². The van der Waals surface area contributed by atoms with Gasteiger partial charge >= 0.3 is 6.03 Å². The summed E-state index contributed by atoms with van der Waals surface area (Å²) in [6, 6.07) is 8.61. The van der Waals surface area contributed by atoms with Gasteiger partial charge in [0.25, 0.3) is 0 Å². The molecule has 3 aliphatic carbocycles. The smallest absolute Gasteiger partial charge is 0.317 e. The number of hydrogen-bond donors (Lipinski definition) is 2. The van der Waals surface area contributed by atoms with Gasteiger partial charge in [0.05, 0.1) is 11.8 Å². The van der Waals surface area contributed by atoms with Crippen LogP contribution in [-0.4, -0.2) is 28.9 Å². The quantitative estimate of drug-likeness (QED) is 0.655. The number of carbonyl (C=O) groups is 3. The number of carbonyl (C=O) groups excluding carboxylic acids is 3. The minimum absolute atomic E-state index is 0.151. The Morgan fingerprint density at radius 3 is 2.12 bits per heavy atom. The first kappa shape index (κ1) is 15.9. The molecule has 1 aromatic rings. The normalized spacial score (nSPS) is 31.0. The van der Waals surface area contributed by atoms with Gasteiger partial charge in [0.15, 0.2) is 0 Å². The van der Waals surface area contributed by atoms with Gasteiger partial charge < -0.3 is 10.6 Å². The van der Waals surface area contributed by atoms with Crippen LogP contribution in [-0.2, 0) is 9.59 Å². The van der Waals surface area contributed by atoms with Crippen LogP contribution in [0.2, 0.25) is 0 Å². The van der Waals surface area contributed by atoms with Gasteiger partial charge in [-0.15, -0.1) is 0 Å². The van der Waals surface area contributed by atoms with E-state index in [2.05, 4.69) is 22.8 Å². The van der Waals surface area contributed by atoms with E-state index < -0.39 is 12.2 Å². The predicted octanol–water partition coefficient (Wildman–Crippen LogP) is 2.35. The molecular weight excluding hydrogens is 318 g/mol. The molecule has 6 nitrogen and oxygen atoms in total. The van der Waals surface area contributed by atoms with Crippen molar-refractivity contribution in [1.29, 1.82) is 0 Å². The number of urea groups is 1. The third-order valence-electron chi connectivity index (χ3n) is 5.55. The van der Waals surface area contributed by atoms with Crippen LogP contribution in [0.1, 0.15) is 19.8 Å². The molecule has 2 fully saturated rings. The van der Waals surface area contributed by atoms with Gasteiger partial charge in [-0.3, -0.25) is 14.5 Å². The third-order valence-corrected chi connectivity index (χ3v) is 5.55. The van der Waals surface area contributed by atoms with Crippen molar-refractivity contribution in [3.63, 3.8) is 0 Å². The molecule has 130 valence electrons. The van der Waals surface area contributed by atoms with Gasteiger partial charge in [-0.05, 0) is 43.7 Å². The van der Waals surface area contributed by atoms with E-state index in [1.807, 2.05) is 18.2 Å². The fourth-order valence-corrected chi connectivity index (χ4v) is 4.42. The molecule has 0 spiro atoms. The molecule has 1 aliphatic heterocycles. The molecule has 2 bridgehead atoms. The van der Waals surface area contributed by atoms with E-state index in [0.29, 0.717) is 5.69 Å². The number of hydrogen-bond acceptors (Lipinski definition) is 3. The first-order chi connectivity index (χ1) is 12.1. The average Bonchev–Trinajstić information content (AvgIpc) is 2.90. The summed E-state index contributed by atoms with van der Waals surface area (Å²) in [4.78, 5) is 39.1. The van der Waals surface area contributed by atoms with E-state index in [0.717, 1.165) is 12.8 Å². The van der Waals surface area contributed by atoms with E-state index in [1.165, 1.54) is 4.90 Å². The molecule has 6 heteroatoms. The Morgan fingerprint density at radius 2 is 1.60 bits per heavy atom. The molecule has 4 amide bonds. The summed E-state index contributed by atoms with van der Waals surface area (Å²) in [7, 11) is 0. The molecule has 25 heavy (non-hydrogen) atoms. The van der Waals surface area contributed by atoms with Crippen LogP contribution in [0.5, 0.6) is 0 Å². The number of rotatable bonds is 3. The molecule has 1 aromatic carbocycles. The summed E-state index contributed by atoms with van der Waals surface area (Å²) in [6.07, 6.45) is 5.43. The average molecular weight is 339 g/mol. The number of nitrogens with one attached hydrogen (secondary N) is 2. The second-order valence-corrected chi connectivity index (χ2v) is 7.03. The summed E-state index contributed by atoms with van der Waals surface area (Å²) >= 11 is 0. The van der Waals surface area contributed by atoms with Gasteiger partial charge in [0, 0.05) is 5.69 Å². The van der Waals surface area contributed by atoms with Crippen molar-refractivity contribution in [2.24, 2.45) is 23.7 Å². The first-order valence-electron chi connectivity index (χ1n) is 8.74. The molecule has 5 unspecified atom stereocenters. The highest BCUT2D eigenvalue weighted by molar-refractivity contribution is 6.06. The van der Waals surface area contributed by atoms with Gasteiger partial charge in [-0.1, -0.05) is 30.4 Å². The van der Waals surface area contributed by atoms with Crippen LogP contribution in [0, 0.1) is 23.7 Å². The van der Waals surface area contributed by atoms with Crippen LogP contribution >= 0.6 is 0 Å². The van der Waals surface area contributed by atoms with E-state index in [4.69, 9.17) is 0 Å². The van der Waals surface area contributed by atoms with Crippen molar-refractivity contribution < 1.29 is 14.4 Å². The maximum Gasteiger partial charge on any atom is 0.320 e. The van der Waals surface area contributed by atoms with Crippen LogP contribution in [0.4, 0.5) is 10.5 Å². The third kappa shape index (κ3) is 2.62. The highest BCUT2D eigenvalue weighted by Crippen LogP contribution is 2.49. The van der Waals surface area contributed by atoms with E-state index in [1.54, 1.807) is 19.1 Å². The van der Waals surface area contributed by atoms with Crippen molar-refractivity contribution in [3.8, 4) is 0 Å². The van der Waals surface area contributed by atoms with Gasteiger partial charge in [-0.25, -0.2) is 4.79 Å². The number of fused-ring (bicyclic) bond motifs is 1.